The quantitative estimate of drug-likeness (QED) is 0.387. The van der Waals surface area contributed by atoms with Gasteiger partial charge in [-0.1, -0.05) is 73.6 Å². The maximum Gasteiger partial charge on any atom is 0.149 e. The number of benzene rings is 2. The minimum atomic E-state index is -0.101. The largest absolute Gasteiger partial charge is 0.486 e. The second-order valence-electron chi connectivity index (χ2n) is 6.85. The van der Waals surface area contributed by atoms with Crippen molar-refractivity contribution in [2.24, 2.45) is 10.7 Å². The molecular weight excluding hydrogens is 399 g/mol. The maximum absolute atomic E-state index is 6.56. The summed E-state index contributed by atoms with van der Waals surface area (Å²) in [4.78, 5) is 4.21. The molecule has 29 heavy (non-hydrogen) atoms. The molecule has 3 aromatic rings. The number of aliphatic imine (C=N–C) groups is 1. The van der Waals surface area contributed by atoms with Gasteiger partial charge >= 0.3 is 0 Å². The fraction of sp³-hybridized carbons (Fsp3) is 0.208. The lowest BCUT2D eigenvalue weighted by molar-refractivity contribution is 0.303. The molecule has 3 rings (SSSR count). The van der Waals surface area contributed by atoms with E-state index in [-0.39, 0.29) is 6.04 Å². The molecule has 2 aromatic carbocycles. The summed E-state index contributed by atoms with van der Waals surface area (Å²) in [6.45, 7) is 10.2. The van der Waals surface area contributed by atoms with Crippen LogP contribution in [0, 0.1) is 0 Å². The lowest BCUT2D eigenvalue weighted by Gasteiger charge is -2.19. The Bertz CT molecular complexity index is 998. The van der Waals surface area contributed by atoms with Crippen LogP contribution in [-0.4, -0.2) is 6.72 Å². The van der Waals surface area contributed by atoms with Crippen molar-refractivity contribution in [1.29, 1.82) is 0 Å². The number of nitrogens with zero attached hydrogens (tertiary/aromatic N) is 1. The lowest BCUT2D eigenvalue weighted by Crippen LogP contribution is -2.13. The van der Waals surface area contributed by atoms with Crippen molar-refractivity contribution >= 4 is 38.3 Å². The Kier molecular flexibility index (Phi) is 7.33. The number of rotatable bonds is 9. The van der Waals surface area contributed by atoms with E-state index in [0.29, 0.717) is 37.7 Å². The van der Waals surface area contributed by atoms with E-state index < -0.39 is 0 Å². The number of aryl methyl sites for hydroxylation is 1. The Morgan fingerprint density at radius 3 is 2.62 bits per heavy atom. The smallest absolute Gasteiger partial charge is 0.149 e. The molecule has 0 fully saturated rings. The first-order chi connectivity index (χ1) is 14.1. The van der Waals surface area contributed by atoms with E-state index in [2.05, 4.69) is 37.3 Å². The highest BCUT2D eigenvalue weighted by molar-refractivity contribution is 7.32. The van der Waals surface area contributed by atoms with Gasteiger partial charge in [0.25, 0.3) is 0 Å². The van der Waals surface area contributed by atoms with Gasteiger partial charge < -0.3 is 10.5 Å². The first-order valence-corrected chi connectivity index (χ1v) is 11.0. The van der Waals surface area contributed by atoms with Gasteiger partial charge in [-0.15, -0.1) is 8.19 Å². The fourth-order valence-electron chi connectivity index (χ4n) is 3.31. The second-order valence-corrected chi connectivity index (χ2v) is 8.73. The zero-order valence-electron chi connectivity index (χ0n) is 16.6. The molecule has 0 saturated heterocycles. The highest BCUT2D eigenvalue weighted by Crippen LogP contribution is 2.42. The van der Waals surface area contributed by atoms with Crippen molar-refractivity contribution in [3.05, 3.63) is 87.4 Å². The number of nitrogens with two attached hydrogens (primary N) is 1. The molecule has 2 atom stereocenters. The van der Waals surface area contributed by atoms with E-state index in [1.54, 1.807) is 6.08 Å². The highest BCUT2D eigenvalue weighted by Gasteiger charge is 2.19. The fourth-order valence-corrected chi connectivity index (χ4v) is 4.77. The molecular formula is C24H26ClN2OP. The number of hydrogen-bond acceptors (Lipinski definition) is 3. The highest BCUT2D eigenvalue weighted by atomic mass is 35.5. The van der Waals surface area contributed by atoms with Crippen molar-refractivity contribution in [2.75, 3.05) is 0 Å². The minimum absolute atomic E-state index is 0.101. The Hall–Kier alpha value is -2.32. The molecule has 0 aliphatic carbocycles. The predicted molar refractivity (Wildman–Crippen MR) is 127 cm³/mol. The van der Waals surface area contributed by atoms with Crippen LogP contribution in [0.4, 0.5) is 5.69 Å². The minimum Gasteiger partial charge on any atom is -0.486 e. The number of hydrogen-bond donors (Lipinski definition) is 1. The van der Waals surface area contributed by atoms with E-state index in [9.17, 15) is 0 Å². The lowest BCUT2D eigenvalue weighted by atomic mass is 10.00. The summed E-state index contributed by atoms with van der Waals surface area (Å²) >= 11 is 6.51. The van der Waals surface area contributed by atoms with Gasteiger partial charge in [0.2, 0.25) is 0 Å². The van der Waals surface area contributed by atoms with E-state index in [1.165, 1.54) is 10.6 Å². The van der Waals surface area contributed by atoms with Crippen LogP contribution in [0.3, 0.4) is 0 Å². The number of ether oxygens (including phenoxy) is 1. The molecule has 2 unspecified atom stereocenters. The normalized spacial score (nSPS) is 12.1. The van der Waals surface area contributed by atoms with Crippen molar-refractivity contribution in [3.8, 4) is 5.75 Å². The van der Waals surface area contributed by atoms with Gasteiger partial charge in [-0.2, -0.15) is 0 Å². The maximum atomic E-state index is 6.56. The summed E-state index contributed by atoms with van der Waals surface area (Å²) < 4.78 is 6.22. The molecule has 0 spiro atoms. The predicted octanol–water partition coefficient (Wildman–Crippen LogP) is 6.73. The molecule has 5 heteroatoms. The van der Waals surface area contributed by atoms with Gasteiger partial charge in [0.15, 0.2) is 0 Å². The van der Waals surface area contributed by atoms with Crippen LogP contribution in [0.25, 0.3) is 6.08 Å². The average molecular weight is 425 g/mol. The van der Waals surface area contributed by atoms with Gasteiger partial charge in [-0.05, 0) is 47.3 Å². The van der Waals surface area contributed by atoms with Crippen LogP contribution in [0.5, 0.6) is 5.75 Å². The summed E-state index contributed by atoms with van der Waals surface area (Å²) in [5, 5.41) is 3.27. The van der Waals surface area contributed by atoms with Crippen LogP contribution in [0.1, 0.15) is 40.2 Å². The van der Waals surface area contributed by atoms with Crippen molar-refractivity contribution < 1.29 is 4.74 Å². The Labute approximate surface area is 179 Å². The molecule has 0 saturated carbocycles. The van der Waals surface area contributed by atoms with E-state index in [0.717, 1.165) is 23.1 Å². The molecule has 0 radical (unpaired) electrons. The van der Waals surface area contributed by atoms with Crippen LogP contribution in [0.15, 0.2) is 60.1 Å². The molecule has 0 bridgehead atoms. The van der Waals surface area contributed by atoms with Crippen molar-refractivity contribution in [2.45, 2.75) is 32.4 Å². The van der Waals surface area contributed by atoms with E-state index in [4.69, 9.17) is 22.1 Å². The molecule has 3 nitrogen and oxygen atoms in total. The van der Waals surface area contributed by atoms with Gasteiger partial charge in [-0.3, -0.25) is 4.99 Å². The number of halogens is 1. The zero-order chi connectivity index (χ0) is 20.8. The van der Waals surface area contributed by atoms with Gasteiger partial charge in [0, 0.05) is 11.6 Å². The molecule has 1 aromatic heterocycles. The summed E-state index contributed by atoms with van der Waals surface area (Å²) in [7, 11) is 0.662. The summed E-state index contributed by atoms with van der Waals surface area (Å²) in [6, 6.07) is 16.2. The first-order valence-electron chi connectivity index (χ1n) is 9.62. The molecule has 150 valence electrons. The molecule has 0 aliphatic heterocycles. The summed E-state index contributed by atoms with van der Waals surface area (Å²) in [5.41, 5.74) is 9.90. The third kappa shape index (κ3) is 5.00. The van der Waals surface area contributed by atoms with Crippen molar-refractivity contribution in [1.82, 2.24) is 0 Å². The SMILES string of the molecule is C=Cc1c(Cl)cc(CC(N)c2ccc(CC)[pH]2)c(OCc2ccccc2)c1N=C. The van der Waals surface area contributed by atoms with Gasteiger partial charge in [-0.25, -0.2) is 0 Å². The molecule has 2 N–H and O–H groups in total. The molecule has 1 heterocycles. The summed E-state index contributed by atoms with van der Waals surface area (Å²) in [5.74, 6) is 0.671. The van der Waals surface area contributed by atoms with Crippen LogP contribution in [-0.2, 0) is 19.4 Å². The molecule has 0 aliphatic rings. The van der Waals surface area contributed by atoms with Gasteiger partial charge in [0.1, 0.15) is 18.0 Å². The topological polar surface area (TPSA) is 47.6 Å². The second kappa shape index (κ2) is 9.93. The standard InChI is InChI=1S/C24H26ClN2OP/c1-4-18-11-12-22(29-18)21(26)14-17-13-20(25)19(5-2)23(27-3)24(17)28-15-16-9-7-6-8-10-16/h5-13,21,29H,2-4,14-15,26H2,1H3. The summed E-state index contributed by atoms with van der Waals surface area (Å²) in [6.07, 6.45) is 3.36. The van der Waals surface area contributed by atoms with Crippen LogP contribution < -0.4 is 10.5 Å². The Balaban J connectivity index is 1.96. The first kappa shape index (κ1) is 21.4. The molecule has 0 amide bonds. The van der Waals surface area contributed by atoms with Gasteiger partial charge in [0.05, 0.1) is 5.02 Å². The third-order valence-corrected chi connectivity index (χ3v) is 6.88. The third-order valence-electron chi connectivity index (χ3n) is 4.90. The van der Waals surface area contributed by atoms with Crippen molar-refractivity contribution in [3.63, 3.8) is 0 Å². The van der Waals surface area contributed by atoms with Crippen LogP contribution >= 0.6 is 19.8 Å². The Morgan fingerprint density at radius 2 is 2.00 bits per heavy atom. The van der Waals surface area contributed by atoms with E-state index in [1.807, 2.05) is 36.4 Å². The zero-order valence-corrected chi connectivity index (χ0v) is 18.4. The monoisotopic (exact) mass is 424 g/mol. The Morgan fingerprint density at radius 1 is 1.24 bits per heavy atom. The van der Waals surface area contributed by atoms with E-state index >= 15 is 0 Å². The van der Waals surface area contributed by atoms with Crippen LogP contribution in [0.2, 0.25) is 5.02 Å². The average Bonchev–Trinajstić information content (AvgIpc) is 3.22.